The number of carbonyl (C=O) groups excluding carboxylic acids is 4. The molecule has 1 N–H and O–H groups in total. The number of piperidine rings is 3. The van der Waals surface area contributed by atoms with Gasteiger partial charge in [0.25, 0.3) is 11.8 Å². The molecule has 2 aromatic carbocycles. The van der Waals surface area contributed by atoms with E-state index in [2.05, 4.69) is 42.8 Å². The SMILES string of the molecule is C[C@H]1CC2(CCN(c3cnc(CN4CCC(N5CCN(c6ccc7c(c6)C(=O)N(C6CCC(=O)NC6=O)C7=O)CC5)CC4)cn3)CC2)CN1c1ccc(C#N)c(Cl)c1. The number of fused-ring (bicyclic) bond motifs is 1. The van der Waals surface area contributed by atoms with Crippen molar-refractivity contribution in [1.82, 2.24) is 30.0 Å². The molecule has 1 aromatic heterocycles. The van der Waals surface area contributed by atoms with Gasteiger partial charge in [0.05, 0.1) is 39.8 Å². The lowest BCUT2D eigenvalue weighted by atomic mass is 9.77. The van der Waals surface area contributed by atoms with Crippen LogP contribution >= 0.6 is 11.6 Å². The number of carbonyl (C=O) groups is 4. The van der Waals surface area contributed by atoms with E-state index >= 15 is 0 Å². The van der Waals surface area contributed by atoms with E-state index < -0.39 is 23.8 Å². The topological polar surface area (TPSA) is 149 Å². The molecule has 1 unspecified atom stereocenters. The van der Waals surface area contributed by atoms with E-state index in [-0.39, 0.29) is 24.2 Å². The quantitative estimate of drug-likeness (QED) is 0.343. The third-order valence-electron chi connectivity index (χ3n) is 13.6. The molecule has 7 heterocycles. The van der Waals surface area contributed by atoms with Gasteiger partial charge in [0, 0.05) is 95.3 Å². The van der Waals surface area contributed by atoms with Crippen molar-refractivity contribution in [3.63, 3.8) is 0 Å². The number of hydrogen-bond acceptors (Lipinski definition) is 12. The number of hydrogen-bond donors (Lipinski definition) is 1. The first kappa shape index (κ1) is 38.4. The Morgan fingerprint density at radius 2 is 1.59 bits per heavy atom. The first-order chi connectivity index (χ1) is 28.1. The summed E-state index contributed by atoms with van der Waals surface area (Å²) in [6.07, 6.45) is 9.70. The molecule has 9 rings (SSSR count). The monoisotopic (exact) mass is 804 g/mol. The minimum Gasteiger partial charge on any atom is -0.369 e. The second-order valence-electron chi connectivity index (χ2n) is 17.0. The van der Waals surface area contributed by atoms with Crippen molar-refractivity contribution in [3.05, 3.63) is 76.2 Å². The van der Waals surface area contributed by atoms with Gasteiger partial charge in [-0.2, -0.15) is 5.26 Å². The van der Waals surface area contributed by atoms with Crippen molar-refractivity contribution in [3.8, 4) is 6.07 Å². The van der Waals surface area contributed by atoms with Gasteiger partial charge in [-0.1, -0.05) is 11.6 Å². The lowest BCUT2D eigenvalue weighted by Crippen LogP contribution is -2.54. The number of anilines is 3. The Balaban J connectivity index is 0.720. The number of nitriles is 1. The zero-order chi connectivity index (χ0) is 40.1. The molecule has 6 aliphatic rings. The number of aromatic nitrogens is 2. The van der Waals surface area contributed by atoms with Gasteiger partial charge in [-0.15, -0.1) is 0 Å². The van der Waals surface area contributed by atoms with Crippen LogP contribution in [0, 0.1) is 16.7 Å². The summed E-state index contributed by atoms with van der Waals surface area (Å²) in [5.74, 6) is -0.982. The van der Waals surface area contributed by atoms with Crippen molar-refractivity contribution < 1.29 is 19.2 Å². The first-order valence-electron chi connectivity index (χ1n) is 20.7. The van der Waals surface area contributed by atoms with Crippen LogP contribution in [0.25, 0.3) is 0 Å². The molecule has 0 aliphatic carbocycles. The van der Waals surface area contributed by atoms with Crippen LogP contribution in [-0.4, -0.2) is 125 Å². The van der Waals surface area contributed by atoms with E-state index in [4.69, 9.17) is 21.6 Å². The van der Waals surface area contributed by atoms with Crippen LogP contribution in [0.5, 0.6) is 0 Å². The number of halogens is 1. The molecule has 2 atom stereocenters. The third-order valence-corrected chi connectivity index (χ3v) is 13.9. The Morgan fingerprint density at radius 3 is 2.28 bits per heavy atom. The van der Waals surface area contributed by atoms with E-state index in [1.165, 1.54) is 0 Å². The van der Waals surface area contributed by atoms with Gasteiger partial charge >= 0.3 is 0 Å². The van der Waals surface area contributed by atoms with Crippen LogP contribution < -0.4 is 20.0 Å². The summed E-state index contributed by atoms with van der Waals surface area (Å²) in [6.45, 7) is 11.5. The lowest BCUT2D eigenvalue weighted by Gasteiger charge is -2.43. The lowest BCUT2D eigenvalue weighted by molar-refractivity contribution is -0.136. The number of piperazine rings is 1. The molecule has 3 aromatic rings. The highest BCUT2D eigenvalue weighted by molar-refractivity contribution is 6.32. The maximum absolute atomic E-state index is 13.4. The average Bonchev–Trinajstić information content (AvgIpc) is 3.69. The molecule has 1 spiro atoms. The summed E-state index contributed by atoms with van der Waals surface area (Å²) < 4.78 is 0. The minimum atomic E-state index is -0.963. The molecular formula is C43H49ClN10O4. The van der Waals surface area contributed by atoms with Crippen molar-refractivity contribution in [2.45, 2.75) is 76.5 Å². The fraction of sp³-hybridized carbons (Fsp3) is 0.512. The number of likely N-dealkylation sites (tertiary alicyclic amines) is 1. The standard InChI is InChI=1S/C43H49ClN10O4/c1-28-22-43(27-53(28)33-3-2-29(23-45)36(44)21-33)10-14-52(15-11-43)38-25-46-30(24-47-38)26-49-12-8-31(9-13-49)50-16-18-51(19-17-50)32-4-5-34-35(20-32)42(58)54(41(34)57)37-6-7-39(55)48-40(37)56/h2-5,20-21,24-25,28,31,37H,6-19,22,26-27H2,1H3,(H,48,55,56)/t28-,37?/m0/s1. The maximum Gasteiger partial charge on any atom is 0.262 e. The highest BCUT2D eigenvalue weighted by Crippen LogP contribution is 2.46. The Kier molecular flexibility index (Phi) is 10.3. The van der Waals surface area contributed by atoms with E-state index in [9.17, 15) is 24.4 Å². The van der Waals surface area contributed by atoms with E-state index in [1.807, 2.05) is 36.7 Å². The van der Waals surface area contributed by atoms with Crippen LogP contribution in [0.2, 0.25) is 5.02 Å². The number of rotatable bonds is 7. The van der Waals surface area contributed by atoms with Crippen LogP contribution in [0.1, 0.15) is 83.8 Å². The molecule has 15 heteroatoms. The Hall–Kier alpha value is -5.10. The summed E-state index contributed by atoms with van der Waals surface area (Å²) in [5.41, 5.74) is 4.40. The summed E-state index contributed by atoms with van der Waals surface area (Å²) in [5, 5.41) is 12.1. The van der Waals surface area contributed by atoms with E-state index in [1.54, 1.807) is 12.1 Å². The molecule has 6 aliphatic heterocycles. The molecule has 5 fully saturated rings. The Labute approximate surface area is 343 Å². The number of imide groups is 2. The fourth-order valence-electron chi connectivity index (χ4n) is 10.3. The minimum absolute atomic E-state index is 0.100. The molecule has 4 amide bonds. The Bertz CT molecular complexity index is 2150. The second kappa shape index (κ2) is 15.6. The zero-order valence-corrected chi connectivity index (χ0v) is 33.7. The first-order valence-corrected chi connectivity index (χ1v) is 21.0. The summed E-state index contributed by atoms with van der Waals surface area (Å²) >= 11 is 6.38. The molecule has 5 saturated heterocycles. The van der Waals surface area contributed by atoms with Crippen LogP contribution in [0.3, 0.4) is 0 Å². The predicted molar refractivity (Wildman–Crippen MR) is 219 cm³/mol. The number of nitrogens with zero attached hydrogens (tertiary/aromatic N) is 9. The van der Waals surface area contributed by atoms with Crippen molar-refractivity contribution in [1.29, 1.82) is 5.26 Å². The van der Waals surface area contributed by atoms with Crippen LogP contribution in [-0.2, 0) is 16.1 Å². The van der Waals surface area contributed by atoms with Gasteiger partial charge in [0.15, 0.2) is 0 Å². The second-order valence-corrected chi connectivity index (χ2v) is 17.4. The summed E-state index contributed by atoms with van der Waals surface area (Å²) in [6, 6.07) is 13.3. The van der Waals surface area contributed by atoms with Crippen LogP contribution in [0.15, 0.2) is 48.8 Å². The predicted octanol–water partition coefficient (Wildman–Crippen LogP) is 4.07. The normalized spacial score (nSPS) is 24.4. The number of nitrogens with one attached hydrogen (secondary N) is 1. The number of benzene rings is 2. The largest absolute Gasteiger partial charge is 0.369 e. The summed E-state index contributed by atoms with van der Waals surface area (Å²) in [7, 11) is 0. The van der Waals surface area contributed by atoms with Gasteiger partial charge in [0.1, 0.15) is 17.9 Å². The summed E-state index contributed by atoms with van der Waals surface area (Å²) in [4.78, 5) is 73.5. The van der Waals surface area contributed by atoms with E-state index in [0.717, 1.165) is 125 Å². The van der Waals surface area contributed by atoms with E-state index in [0.29, 0.717) is 33.8 Å². The Morgan fingerprint density at radius 1 is 0.845 bits per heavy atom. The highest BCUT2D eigenvalue weighted by atomic mass is 35.5. The van der Waals surface area contributed by atoms with Gasteiger partial charge in [0.2, 0.25) is 11.8 Å². The number of amides is 4. The maximum atomic E-state index is 13.4. The molecule has 0 saturated carbocycles. The van der Waals surface area contributed by atoms with Crippen molar-refractivity contribution in [2.75, 3.05) is 73.6 Å². The van der Waals surface area contributed by atoms with Crippen molar-refractivity contribution >= 4 is 52.4 Å². The fourth-order valence-corrected chi connectivity index (χ4v) is 10.5. The van der Waals surface area contributed by atoms with Gasteiger partial charge in [-0.3, -0.25) is 44.2 Å². The third kappa shape index (κ3) is 7.28. The van der Waals surface area contributed by atoms with Gasteiger partial charge in [-0.05, 0) is 87.3 Å². The van der Waals surface area contributed by atoms with Crippen molar-refractivity contribution in [2.24, 2.45) is 5.41 Å². The smallest absolute Gasteiger partial charge is 0.262 e. The molecule has 302 valence electrons. The highest BCUT2D eigenvalue weighted by Gasteiger charge is 2.46. The molecule has 58 heavy (non-hydrogen) atoms. The van der Waals surface area contributed by atoms with Crippen LogP contribution in [0.4, 0.5) is 17.2 Å². The van der Waals surface area contributed by atoms with Gasteiger partial charge < -0.3 is 14.7 Å². The average molecular weight is 805 g/mol. The molecule has 0 bridgehead atoms. The molecular weight excluding hydrogens is 756 g/mol. The zero-order valence-electron chi connectivity index (χ0n) is 32.9. The molecule has 14 nitrogen and oxygen atoms in total. The van der Waals surface area contributed by atoms with Gasteiger partial charge in [-0.25, -0.2) is 4.98 Å². The molecule has 0 radical (unpaired) electrons.